The number of hydrogen-bond acceptors (Lipinski definition) is 4. The Morgan fingerprint density at radius 3 is 2.79 bits per heavy atom. The minimum absolute atomic E-state index is 0.183. The van der Waals surface area contributed by atoms with Crippen molar-refractivity contribution in [3.63, 3.8) is 0 Å². The monoisotopic (exact) mass is 257 g/mol. The zero-order valence-electron chi connectivity index (χ0n) is 10.6. The van der Waals surface area contributed by atoms with E-state index in [1.54, 1.807) is 12.3 Å². The average Bonchev–Trinajstić information content (AvgIpc) is 2.38. The van der Waals surface area contributed by atoms with E-state index >= 15 is 0 Å². The van der Waals surface area contributed by atoms with Crippen LogP contribution in [-0.4, -0.2) is 21.0 Å². The highest BCUT2D eigenvalue weighted by Gasteiger charge is 2.14. The van der Waals surface area contributed by atoms with Crippen LogP contribution < -0.4 is 5.73 Å². The van der Waals surface area contributed by atoms with E-state index in [1.165, 1.54) is 0 Å². The van der Waals surface area contributed by atoms with Gasteiger partial charge < -0.3 is 10.8 Å². The van der Waals surface area contributed by atoms with Crippen molar-refractivity contribution >= 4 is 5.97 Å². The minimum Gasteiger partial charge on any atom is -0.481 e. The Balaban J connectivity index is 2.34. The molecule has 0 radical (unpaired) electrons. The van der Waals surface area contributed by atoms with Crippen molar-refractivity contribution in [2.45, 2.75) is 19.4 Å². The summed E-state index contributed by atoms with van der Waals surface area (Å²) in [5.41, 5.74) is 8.62. The number of aliphatic carboxylic acids is 1. The number of benzene rings is 1. The molecule has 0 bridgehead atoms. The number of carbonyl (C=O) groups is 1. The van der Waals surface area contributed by atoms with Crippen molar-refractivity contribution in [3.05, 3.63) is 47.9 Å². The molecule has 5 heteroatoms. The van der Waals surface area contributed by atoms with Gasteiger partial charge in [0.1, 0.15) is 5.82 Å². The van der Waals surface area contributed by atoms with E-state index in [2.05, 4.69) is 9.97 Å². The zero-order valence-corrected chi connectivity index (χ0v) is 10.6. The van der Waals surface area contributed by atoms with Crippen LogP contribution in [0.5, 0.6) is 0 Å². The third-order valence-electron chi connectivity index (χ3n) is 2.82. The molecule has 0 spiro atoms. The van der Waals surface area contributed by atoms with Crippen LogP contribution in [0.25, 0.3) is 11.3 Å². The molecule has 0 aliphatic heterocycles. The van der Waals surface area contributed by atoms with Crippen molar-refractivity contribution in [2.75, 3.05) is 0 Å². The van der Waals surface area contributed by atoms with Crippen LogP contribution in [0.15, 0.2) is 36.5 Å². The van der Waals surface area contributed by atoms with Crippen LogP contribution in [0.1, 0.15) is 23.9 Å². The Morgan fingerprint density at radius 2 is 2.11 bits per heavy atom. The quantitative estimate of drug-likeness (QED) is 0.873. The van der Waals surface area contributed by atoms with E-state index in [4.69, 9.17) is 10.8 Å². The van der Waals surface area contributed by atoms with Crippen molar-refractivity contribution in [3.8, 4) is 11.3 Å². The first-order valence-electron chi connectivity index (χ1n) is 5.94. The summed E-state index contributed by atoms with van der Waals surface area (Å²) in [7, 11) is 0. The topological polar surface area (TPSA) is 89.1 Å². The number of carboxylic acid groups (broad SMARTS) is 1. The van der Waals surface area contributed by atoms with Crippen LogP contribution in [0.4, 0.5) is 0 Å². The third-order valence-corrected chi connectivity index (χ3v) is 2.82. The van der Waals surface area contributed by atoms with Gasteiger partial charge in [-0.1, -0.05) is 24.3 Å². The fraction of sp³-hybridized carbons (Fsp3) is 0.214. The highest BCUT2D eigenvalue weighted by atomic mass is 16.4. The second-order valence-electron chi connectivity index (χ2n) is 4.32. The summed E-state index contributed by atoms with van der Waals surface area (Å²) < 4.78 is 0. The lowest BCUT2D eigenvalue weighted by Crippen LogP contribution is -2.18. The van der Waals surface area contributed by atoms with Crippen LogP contribution in [0.2, 0.25) is 0 Å². The van der Waals surface area contributed by atoms with E-state index in [-0.39, 0.29) is 6.42 Å². The summed E-state index contributed by atoms with van der Waals surface area (Å²) in [4.78, 5) is 19.1. The van der Waals surface area contributed by atoms with Crippen LogP contribution in [-0.2, 0) is 4.79 Å². The van der Waals surface area contributed by atoms with E-state index in [1.807, 2.05) is 31.2 Å². The molecule has 1 aromatic heterocycles. The average molecular weight is 257 g/mol. The molecule has 0 saturated carbocycles. The number of aryl methyl sites for hydroxylation is 1. The molecular formula is C14H15N3O2. The van der Waals surface area contributed by atoms with Gasteiger partial charge in [-0.2, -0.15) is 0 Å². The maximum atomic E-state index is 10.7. The Kier molecular flexibility index (Phi) is 3.87. The van der Waals surface area contributed by atoms with Gasteiger partial charge >= 0.3 is 5.97 Å². The van der Waals surface area contributed by atoms with Crippen molar-refractivity contribution in [1.29, 1.82) is 0 Å². The number of nitrogens with zero attached hydrogens (tertiary/aromatic N) is 2. The molecule has 1 atom stereocenters. The fourth-order valence-corrected chi connectivity index (χ4v) is 1.84. The summed E-state index contributed by atoms with van der Waals surface area (Å²) in [6, 6.07) is 8.94. The normalized spacial score (nSPS) is 12.1. The molecular weight excluding hydrogens is 242 g/mol. The summed E-state index contributed by atoms with van der Waals surface area (Å²) in [5.74, 6) is -0.611. The lowest BCUT2D eigenvalue weighted by molar-refractivity contribution is -0.137. The number of aromatic nitrogens is 2. The van der Waals surface area contributed by atoms with Crippen molar-refractivity contribution in [1.82, 2.24) is 9.97 Å². The number of carboxylic acids is 1. The highest BCUT2D eigenvalue weighted by molar-refractivity contribution is 5.68. The van der Waals surface area contributed by atoms with Crippen LogP contribution in [0, 0.1) is 6.92 Å². The molecule has 1 aromatic carbocycles. The predicted molar refractivity (Wildman–Crippen MR) is 71.4 cm³/mol. The van der Waals surface area contributed by atoms with Gasteiger partial charge in [-0.25, -0.2) is 9.97 Å². The van der Waals surface area contributed by atoms with Gasteiger partial charge in [0.2, 0.25) is 0 Å². The van der Waals surface area contributed by atoms with E-state index < -0.39 is 12.0 Å². The van der Waals surface area contributed by atoms with Crippen molar-refractivity contribution < 1.29 is 9.90 Å². The molecule has 98 valence electrons. The maximum Gasteiger partial charge on any atom is 0.305 e. The largest absolute Gasteiger partial charge is 0.481 e. The van der Waals surface area contributed by atoms with E-state index in [0.29, 0.717) is 5.82 Å². The van der Waals surface area contributed by atoms with Crippen LogP contribution >= 0.6 is 0 Å². The first kappa shape index (κ1) is 13.2. The second kappa shape index (κ2) is 5.58. The predicted octanol–water partition coefficient (Wildman–Crippen LogP) is 1.93. The van der Waals surface area contributed by atoms with E-state index in [9.17, 15) is 4.79 Å². The van der Waals surface area contributed by atoms with Crippen LogP contribution in [0.3, 0.4) is 0 Å². The number of nitrogens with two attached hydrogens (primary N) is 1. The lowest BCUT2D eigenvalue weighted by atomic mass is 10.1. The molecule has 0 aliphatic carbocycles. The van der Waals surface area contributed by atoms with Gasteiger partial charge in [0.05, 0.1) is 18.2 Å². The Bertz CT molecular complexity index is 599. The molecule has 1 unspecified atom stereocenters. The Morgan fingerprint density at radius 1 is 1.37 bits per heavy atom. The van der Waals surface area contributed by atoms with Gasteiger partial charge in [-0.15, -0.1) is 0 Å². The molecule has 2 rings (SSSR count). The minimum atomic E-state index is -0.961. The summed E-state index contributed by atoms with van der Waals surface area (Å²) in [6.45, 7) is 1.99. The molecule has 1 heterocycles. The molecule has 0 aliphatic rings. The van der Waals surface area contributed by atoms with Gasteiger partial charge in [0.25, 0.3) is 0 Å². The highest BCUT2D eigenvalue weighted by Crippen LogP contribution is 2.21. The Hall–Kier alpha value is -2.27. The SMILES string of the molecule is Cc1ccccc1-c1ccnc(C(N)CC(=O)O)n1. The van der Waals surface area contributed by atoms with Gasteiger partial charge in [0.15, 0.2) is 0 Å². The first-order valence-corrected chi connectivity index (χ1v) is 5.94. The number of rotatable bonds is 4. The van der Waals surface area contributed by atoms with E-state index in [0.717, 1.165) is 16.8 Å². The molecule has 5 nitrogen and oxygen atoms in total. The van der Waals surface area contributed by atoms with Gasteiger partial charge in [-0.3, -0.25) is 4.79 Å². The van der Waals surface area contributed by atoms with Crippen molar-refractivity contribution in [2.24, 2.45) is 5.73 Å². The second-order valence-corrected chi connectivity index (χ2v) is 4.32. The lowest BCUT2D eigenvalue weighted by Gasteiger charge is -2.10. The third kappa shape index (κ3) is 3.14. The number of hydrogen-bond donors (Lipinski definition) is 2. The molecule has 0 amide bonds. The fourth-order valence-electron chi connectivity index (χ4n) is 1.84. The summed E-state index contributed by atoms with van der Waals surface area (Å²) >= 11 is 0. The Labute approximate surface area is 111 Å². The molecule has 2 aromatic rings. The molecule has 19 heavy (non-hydrogen) atoms. The maximum absolute atomic E-state index is 10.7. The van der Waals surface area contributed by atoms with Gasteiger partial charge in [-0.05, 0) is 18.6 Å². The summed E-state index contributed by atoms with van der Waals surface area (Å²) in [6.07, 6.45) is 1.42. The van der Waals surface area contributed by atoms with Gasteiger partial charge in [0, 0.05) is 11.8 Å². The first-order chi connectivity index (χ1) is 9.08. The molecule has 3 N–H and O–H groups in total. The standard InChI is InChI=1S/C14H15N3O2/c1-9-4-2-3-5-10(9)12-6-7-16-14(17-12)11(15)8-13(18)19/h2-7,11H,8,15H2,1H3,(H,18,19). The summed E-state index contributed by atoms with van der Waals surface area (Å²) in [5, 5.41) is 8.74. The smallest absolute Gasteiger partial charge is 0.305 e. The zero-order chi connectivity index (χ0) is 13.8. The molecule has 0 fully saturated rings. The molecule has 0 saturated heterocycles.